The molecule has 4 rings (SSSR count). The van der Waals surface area contributed by atoms with Crippen molar-refractivity contribution in [3.63, 3.8) is 0 Å². The third kappa shape index (κ3) is 6.32. The molecule has 0 amide bonds. The maximum atomic E-state index is 11.7. The van der Waals surface area contributed by atoms with E-state index in [1.54, 1.807) is 6.07 Å². The summed E-state index contributed by atoms with van der Waals surface area (Å²) in [6.07, 6.45) is 3.63. The third-order valence-corrected chi connectivity index (χ3v) is 7.44. The summed E-state index contributed by atoms with van der Waals surface area (Å²) in [5, 5.41) is 10.0. The lowest BCUT2D eigenvalue weighted by Gasteiger charge is -2.27. The van der Waals surface area contributed by atoms with Crippen molar-refractivity contribution in [2.75, 3.05) is 23.5 Å². The second kappa shape index (κ2) is 11.4. The van der Waals surface area contributed by atoms with Gasteiger partial charge in [-0.3, -0.25) is 4.72 Å². The summed E-state index contributed by atoms with van der Waals surface area (Å²) in [5.41, 5.74) is 4.32. The zero-order valence-corrected chi connectivity index (χ0v) is 23.7. The van der Waals surface area contributed by atoms with Crippen LogP contribution in [-0.2, 0) is 34.9 Å². The Labute approximate surface area is 233 Å². The molecule has 0 atom stereocenters. The number of halogens is 2. The molecule has 2 aromatic carbocycles. The van der Waals surface area contributed by atoms with Gasteiger partial charge in [0.05, 0.1) is 28.4 Å². The van der Waals surface area contributed by atoms with Crippen LogP contribution in [0, 0.1) is 11.3 Å². The smallest absolute Gasteiger partial charge is 0.237 e. The summed E-state index contributed by atoms with van der Waals surface area (Å²) in [6.45, 7) is 4.55. The van der Waals surface area contributed by atoms with E-state index in [1.165, 1.54) is 0 Å². The molecule has 0 fully saturated rings. The molecule has 1 aromatic heterocycles. The maximum Gasteiger partial charge on any atom is 0.237 e. The lowest BCUT2D eigenvalue weighted by Crippen LogP contribution is -2.19. The number of aromatic nitrogens is 2. The number of aryl methyl sites for hydroxylation is 1. The van der Waals surface area contributed by atoms with Crippen molar-refractivity contribution in [3.05, 3.63) is 75.1 Å². The first-order valence-electron chi connectivity index (χ1n) is 12.0. The minimum Gasteiger partial charge on any atom is -0.489 e. The summed E-state index contributed by atoms with van der Waals surface area (Å²) < 4.78 is 37.3. The number of nitriles is 1. The number of nitrogens with zero attached hydrogens (tertiary/aromatic N) is 3. The third-order valence-electron chi connectivity index (χ3n) is 6.46. The number of hydrogen-bond acceptors (Lipinski definition) is 7. The Hall–Kier alpha value is -3.06. The molecule has 200 valence electrons. The Morgan fingerprint density at radius 2 is 1.84 bits per heavy atom. The van der Waals surface area contributed by atoms with Gasteiger partial charge in [-0.05, 0) is 60.2 Å². The van der Waals surface area contributed by atoms with E-state index in [9.17, 15) is 13.7 Å². The van der Waals surface area contributed by atoms with Crippen molar-refractivity contribution in [1.82, 2.24) is 9.97 Å². The molecule has 11 heteroatoms. The normalized spacial score (nSPS) is 13.1. The molecule has 1 aliphatic carbocycles. The van der Waals surface area contributed by atoms with Crippen molar-refractivity contribution in [2.24, 2.45) is 0 Å². The minimum absolute atomic E-state index is 0.0679. The zero-order chi connectivity index (χ0) is 27.5. The number of nitrogens with one attached hydrogen (secondary N) is 1. The van der Waals surface area contributed by atoms with Gasteiger partial charge in [0.2, 0.25) is 16.0 Å². The molecule has 0 spiro atoms. The minimum atomic E-state index is -3.49. The van der Waals surface area contributed by atoms with Gasteiger partial charge in [-0.25, -0.2) is 18.4 Å². The lowest BCUT2D eigenvalue weighted by molar-refractivity contribution is 0.300. The summed E-state index contributed by atoms with van der Waals surface area (Å²) in [4.78, 5) is 8.77. The first-order valence-corrected chi connectivity index (χ1v) is 14.8. The second-order valence-electron chi connectivity index (χ2n) is 9.57. The fourth-order valence-electron chi connectivity index (χ4n) is 4.45. The largest absolute Gasteiger partial charge is 0.489 e. The number of ether oxygens (including phenoxy) is 2. The van der Waals surface area contributed by atoms with E-state index >= 15 is 0 Å². The van der Waals surface area contributed by atoms with Gasteiger partial charge in [0.1, 0.15) is 25.0 Å². The van der Waals surface area contributed by atoms with Crippen LogP contribution in [0.3, 0.4) is 0 Å². The van der Waals surface area contributed by atoms with Crippen LogP contribution in [0.1, 0.15) is 53.9 Å². The molecule has 0 aliphatic heterocycles. The topological polar surface area (TPSA) is 114 Å². The summed E-state index contributed by atoms with van der Waals surface area (Å²) in [7, 11) is -3.49. The molecule has 38 heavy (non-hydrogen) atoms. The van der Waals surface area contributed by atoms with Crippen LogP contribution >= 0.6 is 23.2 Å². The monoisotopic (exact) mass is 574 g/mol. The van der Waals surface area contributed by atoms with Crippen molar-refractivity contribution in [3.8, 4) is 17.6 Å². The van der Waals surface area contributed by atoms with Crippen molar-refractivity contribution in [2.45, 2.75) is 45.1 Å². The van der Waals surface area contributed by atoms with Gasteiger partial charge >= 0.3 is 0 Å². The van der Waals surface area contributed by atoms with Gasteiger partial charge in [-0.1, -0.05) is 37.6 Å². The Balaban J connectivity index is 1.53. The number of rotatable bonds is 10. The molecular weight excluding hydrogens is 547 g/mol. The standard InChI is InChI=1S/C27H28Cl2N4O4S/c1-27(2,19-13-17(15-30)25(22(29)14-19)36-12-11-28)18-7-9-20(10-8-18)37-16-24-21-5-4-6-23(21)31-26(32-24)33-38(3,34)35/h7-10,13-14H,4-6,11-12,16H2,1-3H3,(H,31,32,33). The Morgan fingerprint density at radius 1 is 1.11 bits per heavy atom. The van der Waals surface area contributed by atoms with Crippen LogP contribution in [0.25, 0.3) is 0 Å². The fraction of sp³-hybridized carbons (Fsp3) is 0.370. The molecule has 0 saturated heterocycles. The molecule has 1 heterocycles. The first kappa shape index (κ1) is 28.0. The van der Waals surface area contributed by atoms with Crippen molar-refractivity contribution >= 4 is 39.2 Å². The maximum absolute atomic E-state index is 11.7. The van der Waals surface area contributed by atoms with Gasteiger partial charge < -0.3 is 9.47 Å². The zero-order valence-electron chi connectivity index (χ0n) is 21.3. The molecule has 0 saturated carbocycles. The molecule has 1 aliphatic rings. The highest BCUT2D eigenvalue weighted by atomic mass is 35.5. The number of sulfonamides is 1. The van der Waals surface area contributed by atoms with Crippen molar-refractivity contribution in [1.29, 1.82) is 5.26 Å². The average Bonchev–Trinajstić information content (AvgIpc) is 3.34. The molecule has 0 unspecified atom stereocenters. The van der Waals surface area contributed by atoms with Crippen LogP contribution in [-0.4, -0.2) is 37.1 Å². The Kier molecular flexibility index (Phi) is 8.36. The van der Waals surface area contributed by atoms with Crippen LogP contribution in [0.15, 0.2) is 36.4 Å². The van der Waals surface area contributed by atoms with Gasteiger partial charge in [-0.2, -0.15) is 5.26 Å². The number of hydrogen-bond donors (Lipinski definition) is 1. The van der Waals surface area contributed by atoms with E-state index in [-0.39, 0.29) is 19.2 Å². The molecule has 8 nitrogen and oxygen atoms in total. The quantitative estimate of drug-likeness (QED) is 0.323. The summed E-state index contributed by atoms with van der Waals surface area (Å²) in [6, 6.07) is 13.4. The Bertz CT molecular complexity index is 1490. The van der Waals surface area contributed by atoms with Gasteiger partial charge in [0.15, 0.2) is 5.75 Å². The van der Waals surface area contributed by atoms with Gasteiger partial charge in [0.25, 0.3) is 0 Å². The van der Waals surface area contributed by atoms with E-state index < -0.39 is 15.4 Å². The van der Waals surface area contributed by atoms with Crippen LogP contribution < -0.4 is 14.2 Å². The van der Waals surface area contributed by atoms with E-state index in [0.717, 1.165) is 47.9 Å². The fourth-order valence-corrected chi connectivity index (χ4v) is 5.23. The number of alkyl halides is 1. The average molecular weight is 576 g/mol. The summed E-state index contributed by atoms with van der Waals surface area (Å²) >= 11 is 12.2. The number of fused-ring (bicyclic) bond motifs is 1. The predicted octanol–water partition coefficient (Wildman–Crippen LogP) is 5.38. The molecule has 3 aromatic rings. The first-order chi connectivity index (χ1) is 18.0. The van der Waals surface area contributed by atoms with Crippen LogP contribution in [0.5, 0.6) is 11.5 Å². The van der Waals surface area contributed by atoms with Crippen molar-refractivity contribution < 1.29 is 17.9 Å². The Morgan fingerprint density at radius 3 is 2.50 bits per heavy atom. The lowest BCUT2D eigenvalue weighted by atomic mass is 9.77. The highest BCUT2D eigenvalue weighted by Crippen LogP contribution is 2.38. The van der Waals surface area contributed by atoms with E-state index in [2.05, 4.69) is 34.6 Å². The second-order valence-corrected chi connectivity index (χ2v) is 12.1. The number of benzene rings is 2. The van der Waals surface area contributed by atoms with E-state index in [4.69, 9.17) is 32.7 Å². The SMILES string of the molecule is CC(C)(c1ccc(OCc2nc(NS(C)(=O)=O)nc3c2CCC3)cc1)c1cc(Cl)c(OCCCl)c(C#N)c1. The van der Waals surface area contributed by atoms with Crippen LogP contribution in [0.4, 0.5) is 5.95 Å². The molecular formula is C27H28Cl2N4O4S. The molecule has 1 N–H and O–H groups in total. The summed E-state index contributed by atoms with van der Waals surface area (Å²) in [5.74, 6) is 1.34. The van der Waals surface area contributed by atoms with E-state index in [1.807, 2.05) is 30.3 Å². The molecule has 0 bridgehead atoms. The van der Waals surface area contributed by atoms with Gasteiger partial charge in [-0.15, -0.1) is 11.6 Å². The number of anilines is 1. The van der Waals surface area contributed by atoms with Crippen LogP contribution in [0.2, 0.25) is 5.02 Å². The van der Waals surface area contributed by atoms with Gasteiger partial charge in [0, 0.05) is 11.1 Å². The predicted molar refractivity (Wildman–Crippen MR) is 148 cm³/mol. The molecule has 0 radical (unpaired) electrons. The van der Waals surface area contributed by atoms with E-state index in [0.29, 0.717) is 33.7 Å². The highest BCUT2D eigenvalue weighted by Gasteiger charge is 2.26. The highest BCUT2D eigenvalue weighted by molar-refractivity contribution is 7.91.